The molecule has 1 heterocycles. The molecule has 1 aromatic carbocycles. The number of nitrogens with two attached hydrogens (primary N) is 1. The molecule has 0 bridgehead atoms. The van der Waals surface area contributed by atoms with Crippen LogP contribution in [0.1, 0.15) is 10.4 Å². The summed E-state index contributed by atoms with van der Waals surface area (Å²) in [4.78, 5) is 5.63. The minimum Gasteiger partial charge on any atom is -0.375 e. The van der Waals surface area contributed by atoms with Crippen LogP contribution in [0.25, 0.3) is 11.3 Å². The van der Waals surface area contributed by atoms with Crippen LogP contribution in [0.5, 0.6) is 0 Å². The standard InChI is InChI=1S/C10H8N2S.BrH/c11-10-12-9-7-4-2-1-3-6(7)5-8(9)13-10;/h1-4H,5H2,(H2,11,12);1H. The van der Waals surface area contributed by atoms with Gasteiger partial charge in [0.25, 0.3) is 0 Å². The van der Waals surface area contributed by atoms with Gasteiger partial charge in [0.2, 0.25) is 0 Å². The summed E-state index contributed by atoms with van der Waals surface area (Å²) in [5.74, 6) is 0. The van der Waals surface area contributed by atoms with Gasteiger partial charge in [-0.05, 0) is 5.56 Å². The van der Waals surface area contributed by atoms with E-state index in [9.17, 15) is 0 Å². The number of aromatic nitrogens is 1. The highest BCUT2D eigenvalue weighted by Crippen LogP contribution is 2.39. The van der Waals surface area contributed by atoms with Crippen molar-refractivity contribution in [1.82, 2.24) is 4.98 Å². The van der Waals surface area contributed by atoms with Gasteiger partial charge in [0.15, 0.2) is 5.13 Å². The molecule has 4 heteroatoms. The van der Waals surface area contributed by atoms with Gasteiger partial charge in [-0.1, -0.05) is 24.3 Å². The summed E-state index contributed by atoms with van der Waals surface area (Å²) < 4.78 is 0. The molecule has 0 amide bonds. The summed E-state index contributed by atoms with van der Waals surface area (Å²) in [6.45, 7) is 0. The zero-order valence-corrected chi connectivity index (χ0v) is 9.89. The van der Waals surface area contributed by atoms with Gasteiger partial charge in [-0.3, -0.25) is 0 Å². The summed E-state index contributed by atoms with van der Waals surface area (Å²) in [6, 6.07) is 8.38. The van der Waals surface area contributed by atoms with Crippen LogP contribution in [0.4, 0.5) is 5.13 Å². The maximum Gasteiger partial charge on any atom is 0.180 e. The Morgan fingerprint density at radius 1 is 1.29 bits per heavy atom. The van der Waals surface area contributed by atoms with Crippen LogP contribution in [-0.2, 0) is 6.42 Å². The number of hydrogen-bond donors (Lipinski definition) is 1. The predicted octanol–water partition coefficient (Wildman–Crippen LogP) is 2.87. The van der Waals surface area contributed by atoms with E-state index in [0.717, 1.165) is 12.1 Å². The van der Waals surface area contributed by atoms with Crippen molar-refractivity contribution in [3.63, 3.8) is 0 Å². The van der Waals surface area contributed by atoms with E-state index in [1.54, 1.807) is 11.3 Å². The van der Waals surface area contributed by atoms with E-state index in [1.165, 1.54) is 16.0 Å². The first-order valence-corrected chi connectivity index (χ1v) is 5.00. The predicted molar refractivity (Wildman–Crippen MR) is 65.1 cm³/mol. The fraction of sp³-hybridized carbons (Fsp3) is 0.100. The van der Waals surface area contributed by atoms with Crippen molar-refractivity contribution in [1.29, 1.82) is 0 Å². The van der Waals surface area contributed by atoms with E-state index in [-0.39, 0.29) is 17.0 Å². The maximum atomic E-state index is 5.65. The molecule has 1 aliphatic rings. The van der Waals surface area contributed by atoms with Crippen LogP contribution in [0.2, 0.25) is 0 Å². The quantitative estimate of drug-likeness (QED) is 0.681. The van der Waals surface area contributed by atoms with Gasteiger partial charge in [0, 0.05) is 16.9 Å². The molecule has 3 rings (SSSR count). The van der Waals surface area contributed by atoms with Gasteiger partial charge in [-0.25, -0.2) is 4.98 Å². The molecule has 0 saturated carbocycles. The molecule has 72 valence electrons. The number of nitrogens with zero attached hydrogens (tertiary/aromatic N) is 1. The minimum absolute atomic E-state index is 0. The van der Waals surface area contributed by atoms with Crippen molar-refractivity contribution in [2.45, 2.75) is 6.42 Å². The Morgan fingerprint density at radius 2 is 2.07 bits per heavy atom. The first-order valence-electron chi connectivity index (χ1n) is 4.18. The average Bonchev–Trinajstić information content (AvgIpc) is 2.60. The molecule has 0 spiro atoms. The number of rotatable bonds is 0. The number of nitrogen functional groups attached to an aromatic ring is 1. The van der Waals surface area contributed by atoms with Gasteiger partial charge < -0.3 is 5.73 Å². The third-order valence-corrected chi connectivity index (χ3v) is 3.22. The summed E-state index contributed by atoms with van der Waals surface area (Å²) in [5, 5.41) is 0.680. The second kappa shape index (κ2) is 3.37. The Kier molecular flexibility index (Phi) is 2.33. The molecule has 0 unspecified atom stereocenters. The van der Waals surface area contributed by atoms with Crippen LogP contribution in [-0.4, -0.2) is 4.98 Å². The molecule has 2 aromatic rings. The lowest BCUT2D eigenvalue weighted by molar-refractivity contribution is 1.31. The highest BCUT2D eigenvalue weighted by Gasteiger charge is 2.21. The molecule has 1 aromatic heterocycles. The van der Waals surface area contributed by atoms with Gasteiger partial charge in [0.05, 0.1) is 5.69 Å². The molecular formula is C10H9BrN2S. The third kappa shape index (κ3) is 1.26. The van der Waals surface area contributed by atoms with Crippen molar-refractivity contribution in [3.8, 4) is 11.3 Å². The number of halogens is 1. The van der Waals surface area contributed by atoms with E-state index in [1.807, 2.05) is 6.07 Å². The van der Waals surface area contributed by atoms with Crippen molar-refractivity contribution in [3.05, 3.63) is 34.7 Å². The normalized spacial score (nSPS) is 11.7. The van der Waals surface area contributed by atoms with E-state index >= 15 is 0 Å². The highest BCUT2D eigenvalue weighted by atomic mass is 79.9. The van der Waals surface area contributed by atoms with Crippen LogP contribution in [0, 0.1) is 0 Å². The Balaban J connectivity index is 0.000000750. The van der Waals surface area contributed by atoms with Gasteiger partial charge >= 0.3 is 0 Å². The summed E-state index contributed by atoms with van der Waals surface area (Å²) in [5.41, 5.74) is 9.38. The smallest absolute Gasteiger partial charge is 0.180 e. The molecule has 0 saturated heterocycles. The first-order chi connectivity index (χ1) is 6.34. The fourth-order valence-corrected chi connectivity index (χ4v) is 2.65. The van der Waals surface area contributed by atoms with Crippen LogP contribution < -0.4 is 5.73 Å². The third-order valence-electron chi connectivity index (χ3n) is 2.34. The van der Waals surface area contributed by atoms with Crippen molar-refractivity contribution in [2.24, 2.45) is 0 Å². The molecule has 14 heavy (non-hydrogen) atoms. The van der Waals surface area contributed by atoms with Gasteiger partial charge in [-0.2, -0.15) is 0 Å². The summed E-state index contributed by atoms with van der Waals surface area (Å²) >= 11 is 1.60. The van der Waals surface area contributed by atoms with E-state index < -0.39 is 0 Å². The molecule has 2 nitrogen and oxygen atoms in total. The van der Waals surface area contributed by atoms with E-state index in [4.69, 9.17) is 5.73 Å². The van der Waals surface area contributed by atoms with Crippen molar-refractivity contribution >= 4 is 33.4 Å². The Morgan fingerprint density at radius 3 is 2.93 bits per heavy atom. The zero-order chi connectivity index (χ0) is 8.84. The number of benzene rings is 1. The number of hydrogen-bond acceptors (Lipinski definition) is 3. The monoisotopic (exact) mass is 268 g/mol. The van der Waals surface area contributed by atoms with E-state index in [0.29, 0.717) is 5.13 Å². The van der Waals surface area contributed by atoms with Gasteiger partial charge in [-0.15, -0.1) is 28.3 Å². The first kappa shape index (κ1) is 9.68. The fourth-order valence-electron chi connectivity index (χ4n) is 1.78. The van der Waals surface area contributed by atoms with Crippen molar-refractivity contribution in [2.75, 3.05) is 5.73 Å². The summed E-state index contributed by atoms with van der Waals surface area (Å²) in [6.07, 6.45) is 1.00. The van der Waals surface area contributed by atoms with E-state index in [2.05, 4.69) is 23.2 Å². The lowest BCUT2D eigenvalue weighted by Crippen LogP contribution is -1.83. The molecule has 2 N–H and O–H groups in total. The number of thiazole rings is 1. The topological polar surface area (TPSA) is 38.9 Å². The minimum atomic E-state index is 0. The number of anilines is 1. The largest absolute Gasteiger partial charge is 0.375 e. The summed E-state index contributed by atoms with van der Waals surface area (Å²) in [7, 11) is 0. The second-order valence-electron chi connectivity index (χ2n) is 3.16. The molecule has 0 radical (unpaired) electrons. The van der Waals surface area contributed by atoms with Crippen LogP contribution in [0.3, 0.4) is 0 Å². The Bertz CT molecular complexity index is 479. The molecule has 0 atom stereocenters. The molecule has 0 aliphatic heterocycles. The SMILES string of the molecule is Br.Nc1nc2c(s1)Cc1ccccc1-2. The Labute approximate surface area is 96.6 Å². The molecule has 1 aliphatic carbocycles. The average molecular weight is 269 g/mol. The number of fused-ring (bicyclic) bond motifs is 3. The van der Waals surface area contributed by atoms with Gasteiger partial charge in [0.1, 0.15) is 0 Å². The van der Waals surface area contributed by atoms with Crippen LogP contribution in [0.15, 0.2) is 24.3 Å². The van der Waals surface area contributed by atoms with Crippen molar-refractivity contribution < 1.29 is 0 Å². The Hall–Kier alpha value is -0.870. The second-order valence-corrected chi connectivity index (χ2v) is 4.27. The van der Waals surface area contributed by atoms with Crippen LogP contribution >= 0.6 is 28.3 Å². The maximum absolute atomic E-state index is 5.65. The molecule has 0 fully saturated rings. The highest BCUT2D eigenvalue weighted by molar-refractivity contribution is 8.93. The lowest BCUT2D eigenvalue weighted by atomic mass is 10.1. The zero-order valence-electron chi connectivity index (χ0n) is 7.36. The molecular weight excluding hydrogens is 260 g/mol. The lowest BCUT2D eigenvalue weighted by Gasteiger charge is -1.95.